The van der Waals surface area contributed by atoms with Crippen LogP contribution in [0.1, 0.15) is 18.5 Å². The first-order valence-corrected chi connectivity index (χ1v) is 10.2. The molecule has 1 aliphatic heterocycles. The van der Waals surface area contributed by atoms with Crippen LogP contribution in [0.25, 0.3) is 16.9 Å². The van der Waals surface area contributed by atoms with E-state index in [0.29, 0.717) is 6.61 Å². The standard InChI is InChI=1S/C23H23N5O2/c1-2-9-20(30-16-17-6-3-4-10-25-17)19(8-1)22-23(26-14-18-7-5-13-29-18)28-12-11-24-15-21(28)27-22/h1-4,6,8-12,15,18,26H,5,7,13-14,16H2/t18-/m1/s1. The molecule has 152 valence electrons. The smallest absolute Gasteiger partial charge is 0.157 e. The largest absolute Gasteiger partial charge is 0.487 e. The normalized spacial score (nSPS) is 16.1. The van der Waals surface area contributed by atoms with Gasteiger partial charge in [-0.1, -0.05) is 18.2 Å². The molecule has 4 heterocycles. The molecule has 1 N–H and O–H groups in total. The molecule has 1 aromatic carbocycles. The minimum Gasteiger partial charge on any atom is -0.487 e. The molecule has 0 saturated carbocycles. The fourth-order valence-corrected chi connectivity index (χ4v) is 3.70. The number of fused-ring (bicyclic) bond motifs is 1. The molecule has 3 aromatic heterocycles. The number of nitrogens with zero attached hydrogens (tertiary/aromatic N) is 4. The minimum absolute atomic E-state index is 0.223. The van der Waals surface area contributed by atoms with E-state index in [0.717, 1.165) is 60.2 Å². The van der Waals surface area contributed by atoms with Crippen LogP contribution >= 0.6 is 0 Å². The SMILES string of the molecule is c1ccc(COc2ccccc2-c2nc3cnccn3c2NC[C@H]2CCCO2)nc1. The summed E-state index contributed by atoms with van der Waals surface area (Å²) >= 11 is 0. The van der Waals surface area contributed by atoms with E-state index in [2.05, 4.69) is 15.3 Å². The van der Waals surface area contributed by atoms with Gasteiger partial charge in [0.2, 0.25) is 0 Å². The first-order chi connectivity index (χ1) is 14.9. The molecule has 0 amide bonds. The molecule has 7 heteroatoms. The summed E-state index contributed by atoms with van der Waals surface area (Å²) in [7, 11) is 0. The zero-order chi connectivity index (χ0) is 20.2. The van der Waals surface area contributed by atoms with Crippen molar-refractivity contribution in [1.29, 1.82) is 0 Å². The third-order valence-electron chi connectivity index (χ3n) is 5.20. The van der Waals surface area contributed by atoms with Gasteiger partial charge in [-0.3, -0.25) is 14.4 Å². The fourth-order valence-electron chi connectivity index (χ4n) is 3.70. The van der Waals surface area contributed by atoms with Crippen molar-refractivity contribution in [1.82, 2.24) is 19.4 Å². The lowest BCUT2D eigenvalue weighted by Crippen LogP contribution is -2.19. The molecule has 0 unspecified atom stereocenters. The third kappa shape index (κ3) is 3.84. The number of anilines is 1. The van der Waals surface area contributed by atoms with Crippen molar-refractivity contribution in [2.75, 3.05) is 18.5 Å². The van der Waals surface area contributed by atoms with Crippen molar-refractivity contribution < 1.29 is 9.47 Å². The number of hydrogen-bond donors (Lipinski definition) is 1. The second-order valence-electron chi connectivity index (χ2n) is 7.24. The summed E-state index contributed by atoms with van der Waals surface area (Å²) in [5, 5.41) is 3.56. The summed E-state index contributed by atoms with van der Waals surface area (Å²) < 4.78 is 13.9. The fraction of sp³-hybridized carbons (Fsp3) is 0.261. The first-order valence-electron chi connectivity index (χ1n) is 10.2. The van der Waals surface area contributed by atoms with Gasteiger partial charge in [-0.05, 0) is 37.1 Å². The van der Waals surface area contributed by atoms with Gasteiger partial charge in [0.15, 0.2) is 5.65 Å². The summed E-state index contributed by atoms with van der Waals surface area (Å²) in [5.41, 5.74) is 3.41. The Morgan fingerprint density at radius 1 is 1.13 bits per heavy atom. The van der Waals surface area contributed by atoms with Gasteiger partial charge in [0, 0.05) is 37.3 Å². The van der Waals surface area contributed by atoms with Crippen molar-refractivity contribution >= 4 is 11.5 Å². The number of hydrogen-bond acceptors (Lipinski definition) is 6. The van der Waals surface area contributed by atoms with Crippen LogP contribution in [0.4, 0.5) is 5.82 Å². The molecule has 0 spiro atoms. The van der Waals surface area contributed by atoms with E-state index in [1.165, 1.54) is 0 Å². The topological polar surface area (TPSA) is 73.6 Å². The van der Waals surface area contributed by atoms with E-state index in [4.69, 9.17) is 14.5 Å². The highest BCUT2D eigenvalue weighted by Gasteiger charge is 2.20. The number of benzene rings is 1. The quantitative estimate of drug-likeness (QED) is 0.505. The van der Waals surface area contributed by atoms with Gasteiger partial charge in [-0.15, -0.1) is 0 Å². The Balaban J connectivity index is 1.48. The summed E-state index contributed by atoms with van der Waals surface area (Å²) in [6.07, 6.45) is 9.62. The molecule has 1 saturated heterocycles. The molecule has 30 heavy (non-hydrogen) atoms. The number of ether oxygens (including phenoxy) is 2. The van der Waals surface area contributed by atoms with Gasteiger partial charge in [-0.25, -0.2) is 4.98 Å². The predicted molar refractivity (Wildman–Crippen MR) is 114 cm³/mol. The minimum atomic E-state index is 0.223. The van der Waals surface area contributed by atoms with E-state index >= 15 is 0 Å². The van der Waals surface area contributed by atoms with E-state index in [1.54, 1.807) is 18.6 Å². The molecule has 0 aliphatic carbocycles. The second kappa shape index (κ2) is 8.51. The molecule has 0 bridgehead atoms. The molecule has 5 rings (SSSR count). The molecule has 1 fully saturated rings. The zero-order valence-electron chi connectivity index (χ0n) is 16.6. The Hall–Kier alpha value is -3.45. The maximum Gasteiger partial charge on any atom is 0.157 e. The van der Waals surface area contributed by atoms with Gasteiger partial charge < -0.3 is 14.8 Å². The van der Waals surface area contributed by atoms with Gasteiger partial charge in [0.1, 0.15) is 23.9 Å². The Morgan fingerprint density at radius 3 is 2.93 bits per heavy atom. The summed E-state index contributed by atoms with van der Waals surface area (Å²) in [4.78, 5) is 13.4. The van der Waals surface area contributed by atoms with Crippen LogP contribution in [0.2, 0.25) is 0 Å². The Morgan fingerprint density at radius 2 is 2.07 bits per heavy atom. The number of nitrogens with one attached hydrogen (secondary N) is 1. The summed E-state index contributed by atoms with van der Waals surface area (Å²) in [6, 6.07) is 13.8. The van der Waals surface area contributed by atoms with E-state index in [-0.39, 0.29) is 6.10 Å². The lowest BCUT2D eigenvalue weighted by molar-refractivity contribution is 0.120. The summed E-state index contributed by atoms with van der Waals surface area (Å²) in [5.74, 6) is 1.68. The highest BCUT2D eigenvalue weighted by atomic mass is 16.5. The van der Waals surface area contributed by atoms with Crippen molar-refractivity contribution in [3.8, 4) is 17.0 Å². The molecule has 7 nitrogen and oxygen atoms in total. The van der Waals surface area contributed by atoms with Gasteiger partial charge in [0.25, 0.3) is 0 Å². The maximum absolute atomic E-state index is 6.13. The van der Waals surface area contributed by atoms with Crippen LogP contribution in [-0.4, -0.2) is 38.6 Å². The highest BCUT2D eigenvalue weighted by molar-refractivity contribution is 5.80. The van der Waals surface area contributed by atoms with Crippen molar-refractivity contribution in [2.24, 2.45) is 0 Å². The van der Waals surface area contributed by atoms with Gasteiger partial charge >= 0.3 is 0 Å². The number of aromatic nitrogens is 4. The van der Waals surface area contributed by atoms with Crippen LogP contribution in [0, 0.1) is 0 Å². The molecule has 1 atom stereocenters. The monoisotopic (exact) mass is 401 g/mol. The average Bonchev–Trinajstić information content (AvgIpc) is 3.45. The maximum atomic E-state index is 6.13. The Kier molecular flexibility index (Phi) is 5.26. The van der Waals surface area contributed by atoms with E-state index < -0.39 is 0 Å². The average molecular weight is 401 g/mol. The van der Waals surface area contributed by atoms with Crippen LogP contribution in [0.3, 0.4) is 0 Å². The number of pyridine rings is 1. The molecular weight excluding hydrogens is 378 g/mol. The molecule has 0 radical (unpaired) electrons. The molecule has 4 aromatic rings. The molecule has 1 aliphatic rings. The second-order valence-corrected chi connectivity index (χ2v) is 7.24. The van der Waals surface area contributed by atoms with Gasteiger partial charge in [-0.2, -0.15) is 0 Å². The van der Waals surface area contributed by atoms with E-state index in [1.807, 2.05) is 53.1 Å². The Bertz CT molecular complexity index is 1120. The Labute approximate surface area is 174 Å². The molecular formula is C23H23N5O2. The third-order valence-corrected chi connectivity index (χ3v) is 5.20. The lowest BCUT2D eigenvalue weighted by Gasteiger charge is -2.15. The van der Waals surface area contributed by atoms with Crippen LogP contribution < -0.4 is 10.1 Å². The summed E-state index contributed by atoms with van der Waals surface area (Å²) in [6.45, 7) is 1.96. The van der Waals surface area contributed by atoms with Gasteiger partial charge in [0.05, 0.1) is 18.0 Å². The predicted octanol–water partition coefficient (Wildman–Crippen LogP) is 3.96. The van der Waals surface area contributed by atoms with Crippen molar-refractivity contribution in [2.45, 2.75) is 25.6 Å². The first kappa shape index (κ1) is 18.6. The number of para-hydroxylation sites is 1. The number of rotatable bonds is 7. The van der Waals surface area contributed by atoms with Crippen molar-refractivity contribution in [3.63, 3.8) is 0 Å². The highest BCUT2D eigenvalue weighted by Crippen LogP contribution is 2.35. The van der Waals surface area contributed by atoms with E-state index in [9.17, 15) is 0 Å². The van der Waals surface area contributed by atoms with Crippen LogP contribution in [-0.2, 0) is 11.3 Å². The zero-order valence-corrected chi connectivity index (χ0v) is 16.6. The number of imidazole rings is 1. The lowest BCUT2D eigenvalue weighted by atomic mass is 10.1. The van der Waals surface area contributed by atoms with Crippen LogP contribution in [0.15, 0.2) is 67.3 Å². The van der Waals surface area contributed by atoms with Crippen molar-refractivity contribution in [3.05, 3.63) is 72.9 Å². The van der Waals surface area contributed by atoms with Crippen LogP contribution in [0.5, 0.6) is 5.75 Å².